The summed E-state index contributed by atoms with van der Waals surface area (Å²) in [6.45, 7) is 7.09. The molecule has 0 bridgehead atoms. The van der Waals surface area contributed by atoms with E-state index in [2.05, 4.69) is 12.2 Å². The Labute approximate surface area is 141 Å². The maximum atomic E-state index is 13.0. The number of urea groups is 1. The number of hydrogen-bond donors (Lipinski definition) is 2. The molecular weight excluding hydrogens is 311 g/mol. The van der Waals surface area contributed by atoms with E-state index in [-0.39, 0.29) is 30.2 Å². The molecule has 3 rings (SSSR count). The van der Waals surface area contributed by atoms with Gasteiger partial charge in [0.1, 0.15) is 5.82 Å². The van der Waals surface area contributed by atoms with Crippen molar-refractivity contribution in [1.82, 2.24) is 10.2 Å². The fourth-order valence-electron chi connectivity index (χ4n) is 3.32. The standard InChI is InChI=1S/C17H23FN4O2/c1-2-20-7-9-21(10-8-20)17(24)19-14-11-16(23)22(12-14)15-5-3-13(18)4-6-15/h3-6,14H,2,7-12H2,1H3,(H,19,24)/p+1/t14-/m1/s1. The van der Waals surface area contributed by atoms with Gasteiger partial charge in [-0.1, -0.05) is 0 Å². The van der Waals surface area contributed by atoms with E-state index in [4.69, 9.17) is 0 Å². The summed E-state index contributed by atoms with van der Waals surface area (Å²) in [6.07, 6.45) is 0.281. The SMILES string of the molecule is CC[NH+]1CCN(C(=O)N[C@@H]2CC(=O)N(c3ccc(F)cc3)C2)CC1. The van der Waals surface area contributed by atoms with Gasteiger partial charge in [-0.3, -0.25) is 4.79 Å². The number of nitrogens with one attached hydrogen (secondary N) is 2. The van der Waals surface area contributed by atoms with Crippen LogP contribution in [-0.4, -0.2) is 62.1 Å². The van der Waals surface area contributed by atoms with Gasteiger partial charge in [0.15, 0.2) is 0 Å². The van der Waals surface area contributed by atoms with Crippen molar-refractivity contribution in [1.29, 1.82) is 0 Å². The Morgan fingerprint density at radius 2 is 1.96 bits per heavy atom. The van der Waals surface area contributed by atoms with Gasteiger partial charge in [-0.15, -0.1) is 0 Å². The molecule has 130 valence electrons. The number of carbonyl (C=O) groups excluding carboxylic acids is 2. The molecule has 3 amide bonds. The van der Waals surface area contributed by atoms with Gasteiger partial charge in [-0.05, 0) is 31.2 Å². The number of nitrogens with zero attached hydrogens (tertiary/aromatic N) is 2. The number of hydrogen-bond acceptors (Lipinski definition) is 2. The molecule has 1 atom stereocenters. The Kier molecular flexibility index (Phi) is 4.99. The first-order valence-corrected chi connectivity index (χ1v) is 8.51. The summed E-state index contributed by atoms with van der Waals surface area (Å²) in [7, 11) is 0. The van der Waals surface area contributed by atoms with Gasteiger partial charge < -0.3 is 20.0 Å². The molecule has 1 aromatic rings. The maximum absolute atomic E-state index is 13.0. The molecule has 0 saturated carbocycles. The van der Waals surface area contributed by atoms with Crippen LogP contribution in [0.4, 0.5) is 14.9 Å². The van der Waals surface area contributed by atoms with E-state index in [1.165, 1.54) is 17.0 Å². The minimum absolute atomic E-state index is 0.0489. The van der Waals surface area contributed by atoms with Gasteiger partial charge in [0.2, 0.25) is 5.91 Å². The second-order valence-electron chi connectivity index (χ2n) is 6.42. The topological polar surface area (TPSA) is 57.1 Å². The molecule has 0 spiro atoms. The number of quaternary nitrogens is 1. The lowest BCUT2D eigenvalue weighted by atomic mass is 10.2. The monoisotopic (exact) mass is 335 g/mol. The molecule has 0 unspecified atom stereocenters. The smallest absolute Gasteiger partial charge is 0.318 e. The van der Waals surface area contributed by atoms with Crippen molar-refractivity contribution in [2.24, 2.45) is 0 Å². The van der Waals surface area contributed by atoms with E-state index >= 15 is 0 Å². The minimum Gasteiger partial charge on any atom is -0.333 e. The largest absolute Gasteiger partial charge is 0.333 e. The predicted octanol–water partition coefficient (Wildman–Crippen LogP) is -0.139. The molecule has 6 nitrogen and oxygen atoms in total. The summed E-state index contributed by atoms with van der Waals surface area (Å²) in [4.78, 5) is 29.5. The molecule has 2 fully saturated rings. The third kappa shape index (κ3) is 3.67. The summed E-state index contributed by atoms with van der Waals surface area (Å²) < 4.78 is 13.0. The minimum atomic E-state index is -0.330. The van der Waals surface area contributed by atoms with Crippen LogP contribution >= 0.6 is 0 Å². The number of rotatable bonds is 3. The van der Waals surface area contributed by atoms with Crippen LogP contribution in [0.1, 0.15) is 13.3 Å². The third-order valence-corrected chi connectivity index (χ3v) is 4.85. The van der Waals surface area contributed by atoms with Gasteiger partial charge in [0.25, 0.3) is 0 Å². The highest BCUT2D eigenvalue weighted by atomic mass is 19.1. The summed E-state index contributed by atoms with van der Waals surface area (Å²) in [6, 6.07) is 5.55. The van der Waals surface area contributed by atoms with Crippen LogP contribution in [-0.2, 0) is 4.79 Å². The van der Waals surface area contributed by atoms with Crippen LogP contribution in [0.15, 0.2) is 24.3 Å². The number of piperazine rings is 1. The van der Waals surface area contributed by atoms with Crippen molar-refractivity contribution >= 4 is 17.6 Å². The first-order valence-electron chi connectivity index (χ1n) is 8.51. The molecule has 7 heteroatoms. The molecule has 2 heterocycles. The lowest BCUT2D eigenvalue weighted by molar-refractivity contribution is -0.902. The fraction of sp³-hybridized carbons (Fsp3) is 0.529. The normalized spacial score (nSPS) is 22.1. The van der Waals surface area contributed by atoms with E-state index < -0.39 is 0 Å². The van der Waals surface area contributed by atoms with Gasteiger partial charge in [0, 0.05) is 18.7 Å². The number of benzene rings is 1. The quantitative estimate of drug-likeness (QED) is 0.808. The van der Waals surface area contributed by atoms with Gasteiger partial charge in [0.05, 0.1) is 38.8 Å². The highest BCUT2D eigenvalue weighted by molar-refractivity contribution is 5.96. The molecule has 0 aliphatic carbocycles. The van der Waals surface area contributed by atoms with Crippen molar-refractivity contribution in [3.8, 4) is 0 Å². The van der Waals surface area contributed by atoms with E-state index in [9.17, 15) is 14.0 Å². The van der Waals surface area contributed by atoms with Crippen LogP contribution < -0.4 is 15.1 Å². The highest BCUT2D eigenvalue weighted by Crippen LogP contribution is 2.21. The molecule has 2 N–H and O–H groups in total. The Hall–Kier alpha value is -2.15. The summed E-state index contributed by atoms with van der Waals surface area (Å²) >= 11 is 0. The average molecular weight is 335 g/mol. The molecular formula is C17H24FN4O2+. The summed E-state index contributed by atoms with van der Waals surface area (Å²) in [5, 5.41) is 2.96. The Balaban J connectivity index is 1.54. The van der Waals surface area contributed by atoms with Crippen LogP contribution in [0, 0.1) is 5.82 Å². The van der Waals surface area contributed by atoms with Gasteiger partial charge >= 0.3 is 6.03 Å². The van der Waals surface area contributed by atoms with E-state index in [0.717, 1.165) is 32.7 Å². The van der Waals surface area contributed by atoms with Crippen LogP contribution in [0.3, 0.4) is 0 Å². The molecule has 2 aliphatic rings. The lowest BCUT2D eigenvalue weighted by Gasteiger charge is -2.32. The maximum Gasteiger partial charge on any atom is 0.318 e. The van der Waals surface area contributed by atoms with Crippen LogP contribution in [0.2, 0.25) is 0 Å². The lowest BCUT2D eigenvalue weighted by Crippen LogP contribution is -3.14. The van der Waals surface area contributed by atoms with Gasteiger partial charge in [-0.2, -0.15) is 0 Å². The van der Waals surface area contributed by atoms with E-state index in [1.54, 1.807) is 17.0 Å². The zero-order chi connectivity index (χ0) is 17.1. The summed E-state index contributed by atoms with van der Waals surface area (Å²) in [5.41, 5.74) is 0.665. The number of amides is 3. The molecule has 24 heavy (non-hydrogen) atoms. The molecule has 0 aromatic heterocycles. The second kappa shape index (κ2) is 7.17. The second-order valence-corrected chi connectivity index (χ2v) is 6.42. The van der Waals surface area contributed by atoms with Crippen molar-refractivity contribution in [2.75, 3.05) is 44.2 Å². The Morgan fingerprint density at radius 3 is 2.58 bits per heavy atom. The van der Waals surface area contributed by atoms with Crippen molar-refractivity contribution < 1.29 is 18.9 Å². The molecule has 0 radical (unpaired) electrons. The van der Waals surface area contributed by atoms with E-state index in [0.29, 0.717) is 12.2 Å². The van der Waals surface area contributed by atoms with Crippen LogP contribution in [0.5, 0.6) is 0 Å². The predicted molar refractivity (Wildman–Crippen MR) is 88.5 cm³/mol. The van der Waals surface area contributed by atoms with Gasteiger partial charge in [-0.25, -0.2) is 9.18 Å². The molecule has 2 aliphatic heterocycles. The zero-order valence-corrected chi connectivity index (χ0v) is 13.9. The summed E-state index contributed by atoms with van der Waals surface area (Å²) in [5.74, 6) is -0.379. The van der Waals surface area contributed by atoms with Crippen molar-refractivity contribution in [2.45, 2.75) is 19.4 Å². The Bertz CT molecular complexity index is 599. The van der Waals surface area contributed by atoms with Crippen molar-refractivity contribution in [3.63, 3.8) is 0 Å². The number of anilines is 1. The van der Waals surface area contributed by atoms with Crippen molar-refractivity contribution in [3.05, 3.63) is 30.1 Å². The Morgan fingerprint density at radius 1 is 1.29 bits per heavy atom. The highest BCUT2D eigenvalue weighted by Gasteiger charge is 2.33. The number of halogens is 1. The van der Waals surface area contributed by atoms with E-state index in [1.807, 2.05) is 4.90 Å². The third-order valence-electron chi connectivity index (χ3n) is 4.85. The number of likely N-dealkylation sites (N-methyl/N-ethyl adjacent to an activating group) is 1. The number of carbonyl (C=O) groups is 2. The van der Waals surface area contributed by atoms with Crippen LogP contribution in [0.25, 0.3) is 0 Å². The fourth-order valence-corrected chi connectivity index (χ4v) is 3.32. The zero-order valence-electron chi connectivity index (χ0n) is 13.9. The molecule has 2 saturated heterocycles. The first kappa shape index (κ1) is 16.7. The average Bonchev–Trinajstić information content (AvgIpc) is 2.96. The molecule has 1 aromatic carbocycles. The first-order chi connectivity index (χ1) is 11.6.